The molecule has 0 saturated heterocycles. The minimum Gasteiger partial charge on any atom is -0.290 e. The van der Waals surface area contributed by atoms with Crippen LogP contribution >= 0.6 is 0 Å². The van der Waals surface area contributed by atoms with E-state index in [0.717, 1.165) is 0 Å². The molecular weight excluding hydrogens is 82.0 g/mol. The van der Waals surface area contributed by atoms with Gasteiger partial charge in [-0.15, -0.1) is 0 Å². The summed E-state index contributed by atoms with van der Waals surface area (Å²) in [6, 6.07) is 0. The molecule has 0 saturated carbocycles. The minimum atomic E-state index is 0.118. The van der Waals surface area contributed by atoms with Crippen LogP contribution in [-0.4, -0.2) is 22.2 Å². The number of nitrogens with zero attached hydrogens (tertiary/aromatic N) is 1. The van der Waals surface area contributed by atoms with E-state index in [1.165, 1.54) is 0 Å². The molecule has 0 aromatic carbocycles. The zero-order valence-corrected chi connectivity index (χ0v) is 3.46. The Hall–Kier alpha value is -0.120. The van der Waals surface area contributed by atoms with E-state index in [1.54, 1.807) is 0 Å². The van der Waals surface area contributed by atoms with Gasteiger partial charge in [0.15, 0.2) is 0 Å². The SMILES string of the molecule is [CH2]CCN(O)O. The van der Waals surface area contributed by atoms with Crippen LogP contribution in [0.1, 0.15) is 6.42 Å². The Kier molecular flexibility index (Phi) is 3.02. The topological polar surface area (TPSA) is 43.7 Å². The highest BCUT2D eigenvalue weighted by molar-refractivity contribution is 4.34. The Bertz CT molecular complexity index is 30.0. The first-order valence-electron chi connectivity index (χ1n) is 1.72. The highest BCUT2D eigenvalue weighted by Crippen LogP contribution is 1.74. The fourth-order valence-corrected chi connectivity index (χ4v) is 0.141. The van der Waals surface area contributed by atoms with E-state index in [0.29, 0.717) is 6.42 Å². The summed E-state index contributed by atoms with van der Waals surface area (Å²) in [4.78, 5) is 0. The van der Waals surface area contributed by atoms with E-state index in [1.807, 2.05) is 0 Å². The highest BCUT2D eigenvalue weighted by atomic mass is 16.8. The van der Waals surface area contributed by atoms with Crippen LogP contribution in [0, 0.1) is 6.92 Å². The lowest BCUT2D eigenvalue weighted by molar-refractivity contribution is -0.305. The number of rotatable bonds is 2. The summed E-state index contributed by atoms with van der Waals surface area (Å²) < 4.78 is 0. The van der Waals surface area contributed by atoms with Gasteiger partial charge in [0.25, 0.3) is 0 Å². The third kappa shape index (κ3) is 3.88. The van der Waals surface area contributed by atoms with Crippen LogP contribution in [0.2, 0.25) is 0 Å². The summed E-state index contributed by atoms with van der Waals surface area (Å²) in [6.07, 6.45) is 0.507. The molecule has 0 spiro atoms. The van der Waals surface area contributed by atoms with E-state index in [4.69, 9.17) is 10.4 Å². The maximum Gasteiger partial charge on any atom is 0.0512 e. The monoisotopic (exact) mass is 90.1 g/mol. The van der Waals surface area contributed by atoms with Crippen LogP contribution in [0.4, 0.5) is 0 Å². The predicted octanol–water partition coefficient (Wildman–Crippen LogP) is 0.291. The third-order valence-electron chi connectivity index (χ3n) is 0.358. The largest absolute Gasteiger partial charge is 0.290 e. The standard InChI is InChI=1S/C3H8NO2/c1-2-3-4(5)6/h5-6H,1-3H2. The first-order valence-corrected chi connectivity index (χ1v) is 1.72. The van der Waals surface area contributed by atoms with E-state index < -0.39 is 0 Å². The van der Waals surface area contributed by atoms with E-state index >= 15 is 0 Å². The molecule has 0 aliphatic rings. The summed E-state index contributed by atoms with van der Waals surface area (Å²) >= 11 is 0. The molecule has 0 bridgehead atoms. The molecule has 0 rings (SSSR count). The fraction of sp³-hybridized carbons (Fsp3) is 0.667. The molecule has 3 nitrogen and oxygen atoms in total. The van der Waals surface area contributed by atoms with Crippen LogP contribution in [0.5, 0.6) is 0 Å². The van der Waals surface area contributed by atoms with E-state index in [9.17, 15) is 0 Å². The molecule has 0 aliphatic carbocycles. The maximum absolute atomic E-state index is 7.90. The molecular formula is C3H8NO2. The second-order valence-corrected chi connectivity index (χ2v) is 0.949. The first kappa shape index (κ1) is 5.88. The van der Waals surface area contributed by atoms with Crippen molar-refractivity contribution in [3.8, 4) is 0 Å². The van der Waals surface area contributed by atoms with Crippen molar-refractivity contribution in [2.45, 2.75) is 6.42 Å². The van der Waals surface area contributed by atoms with Gasteiger partial charge < -0.3 is 0 Å². The van der Waals surface area contributed by atoms with Gasteiger partial charge in [-0.3, -0.25) is 10.4 Å². The summed E-state index contributed by atoms with van der Waals surface area (Å²) in [6.45, 7) is 3.57. The second kappa shape index (κ2) is 3.08. The summed E-state index contributed by atoms with van der Waals surface area (Å²) in [5, 5.41) is 15.9. The van der Waals surface area contributed by atoms with Crippen molar-refractivity contribution in [1.82, 2.24) is 5.23 Å². The zero-order valence-electron chi connectivity index (χ0n) is 3.46. The smallest absolute Gasteiger partial charge is 0.0512 e. The van der Waals surface area contributed by atoms with Crippen molar-refractivity contribution < 1.29 is 10.4 Å². The van der Waals surface area contributed by atoms with Gasteiger partial charge in [0.05, 0.1) is 6.54 Å². The van der Waals surface area contributed by atoms with Gasteiger partial charge in [0.1, 0.15) is 0 Å². The van der Waals surface area contributed by atoms with Crippen LogP contribution in [0.3, 0.4) is 0 Å². The second-order valence-electron chi connectivity index (χ2n) is 0.949. The molecule has 0 unspecified atom stereocenters. The Morgan fingerprint density at radius 2 is 2.00 bits per heavy atom. The summed E-state index contributed by atoms with van der Waals surface area (Å²) in [7, 11) is 0. The minimum absolute atomic E-state index is 0.118. The lowest BCUT2D eigenvalue weighted by Gasteiger charge is -1.99. The Balaban J connectivity index is 2.63. The molecule has 6 heavy (non-hydrogen) atoms. The van der Waals surface area contributed by atoms with Crippen molar-refractivity contribution in [1.29, 1.82) is 0 Å². The normalized spacial score (nSPS) is 10.0. The average molecular weight is 90.1 g/mol. The maximum atomic E-state index is 7.90. The van der Waals surface area contributed by atoms with Gasteiger partial charge in [0.2, 0.25) is 0 Å². The molecule has 0 heterocycles. The van der Waals surface area contributed by atoms with E-state index in [-0.39, 0.29) is 11.8 Å². The Morgan fingerprint density at radius 1 is 1.50 bits per heavy atom. The number of hydrogen-bond donors (Lipinski definition) is 2. The van der Waals surface area contributed by atoms with Gasteiger partial charge in [-0.2, -0.15) is 0 Å². The van der Waals surface area contributed by atoms with Crippen LogP contribution in [0.25, 0.3) is 0 Å². The lowest BCUT2D eigenvalue weighted by atomic mass is 10.5. The van der Waals surface area contributed by atoms with Gasteiger partial charge in [-0.05, 0) is 6.42 Å². The van der Waals surface area contributed by atoms with Gasteiger partial charge >= 0.3 is 0 Å². The average Bonchev–Trinajstić information content (AvgIpc) is 1.35. The van der Waals surface area contributed by atoms with Crippen molar-refractivity contribution in [2.75, 3.05) is 6.54 Å². The number of hydroxylamine groups is 2. The van der Waals surface area contributed by atoms with Gasteiger partial charge in [-0.1, -0.05) is 12.2 Å². The van der Waals surface area contributed by atoms with Crippen molar-refractivity contribution in [2.24, 2.45) is 0 Å². The molecule has 3 heteroatoms. The number of hydrogen-bond acceptors (Lipinski definition) is 3. The Labute approximate surface area is 36.7 Å². The van der Waals surface area contributed by atoms with Crippen LogP contribution in [0.15, 0.2) is 0 Å². The fourth-order valence-electron chi connectivity index (χ4n) is 0.141. The molecule has 0 fully saturated rings. The molecule has 37 valence electrons. The summed E-state index contributed by atoms with van der Waals surface area (Å²) in [5.41, 5.74) is 0. The molecule has 0 aliphatic heterocycles. The van der Waals surface area contributed by atoms with Gasteiger partial charge in [0, 0.05) is 0 Å². The first-order chi connectivity index (χ1) is 2.77. The Morgan fingerprint density at radius 3 is 2.00 bits per heavy atom. The predicted molar refractivity (Wildman–Crippen MR) is 20.3 cm³/mol. The molecule has 1 radical (unpaired) electrons. The molecule has 0 aromatic rings. The summed E-state index contributed by atoms with van der Waals surface area (Å²) in [5.74, 6) is 0. The highest BCUT2D eigenvalue weighted by Gasteiger charge is 1.84. The third-order valence-corrected chi connectivity index (χ3v) is 0.358. The van der Waals surface area contributed by atoms with Crippen LogP contribution < -0.4 is 0 Å². The van der Waals surface area contributed by atoms with Crippen LogP contribution in [-0.2, 0) is 0 Å². The van der Waals surface area contributed by atoms with E-state index in [2.05, 4.69) is 6.92 Å². The van der Waals surface area contributed by atoms with Gasteiger partial charge in [-0.25, -0.2) is 0 Å². The molecule has 0 amide bonds. The van der Waals surface area contributed by atoms with Crippen molar-refractivity contribution in [3.05, 3.63) is 6.92 Å². The molecule has 2 N–H and O–H groups in total. The zero-order chi connectivity index (χ0) is 4.99. The van der Waals surface area contributed by atoms with Crippen molar-refractivity contribution in [3.63, 3.8) is 0 Å². The molecule has 0 atom stereocenters. The van der Waals surface area contributed by atoms with Crippen molar-refractivity contribution >= 4 is 0 Å². The lowest BCUT2D eigenvalue weighted by Crippen LogP contribution is -2.13. The quantitative estimate of drug-likeness (QED) is 0.479. The molecule has 0 aromatic heterocycles.